The second-order valence-electron chi connectivity index (χ2n) is 8.53. The molecule has 0 aliphatic rings. The van der Waals surface area contributed by atoms with Crippen molar-refractivity contribution in [2.75, 3.05) is 0 Å². The smallest absolute Gasteiger partial charge is 0.123 e. The van der Waals surface area contributed by atoms with E-state index in [9.17, 15) is 0 Å². The third kappa shape index (κ3) is 2.79. The van der Waals surface area contributed by atoms with Crippen LogP contribution in [0.2, 0.25) is 0 Å². The van der Waals surface area contributed by atoms with Gasteiger partial charge in [0.05, 0.1) is 7.90 Å². The fourth-order valence-electron chi connectivity index (χ4n) is 5.05. The average Bonchev–Trinajstić information content (AvgIpc) is 2.85. The van der Waals surface area contributed by atoms with Crippen molar-refractivity contribution in [1.29, 1.82) is 0 Å². The van der Waals surface area contributed by atoms with Crippen molar-refractivity contribution in [2.24, 2.45) is 0 Å². The lowest BCUT2D eigenvalue weighted by molar-refractivity contribution is 1.53. The van der Waals surface area contributed by atoms with Crippen LogP contribution in [-0.2, 0) is 0 Å². The molecule has 0 saturated carbocycles. The molecule has 3 heteroatoms. The first-order valence-corrected chi connectivity index (χ1v) is 14.9. The van der Waals surface area contributed by atoms with E-state index in [1.165, 1.54) is 59.0 Å². The monoisotopic (exact) mass is 437 g/mol. The topological polar surface area (TPSA) is 12.9 Å². The minimum absolute atomic E-state index is 0.117. The first-order chi connectivity index (χ1) is 15.8. The van der Waals surface area contributed by atoms with Gasteiger partial charge in [0.1, 0.15) is 8.79 Å². The van der Waals surface area contributed by atoms with Crippen LogP contribution < -0.4 is 0 Å². The van der Waals surface area contributed by atoms with Crippen molar-refractivity contribution >= 4 is 70.6 Å². The molecule has 0 aliphatic heterocycles. The Morgan fingerprint density at radius 1 is 0.500 bits per heavy atom. The molecular formula is C29H19NSi2. The van der Waals surface area contributed by atoms with E-state index in [-0.39, 0.29) is 8.79 Å². The molecule has 0 saturated heterocycles. The van der Waals surface area contributed by atoms with Gasteiger partial charge in [-0.2, -0.15) is 0 Å². The zero-order valence-corrected chi connectivity index (χ0v) is 19.6. The number of fused-ring (bicyclic) bond motifs is 6. The van der Waals surface area contributed by atoms with Crippen molar-refractivity contribution < 1.29 is 0 Å². The molecule has 0 fully saturated rings. The Kier molecular flexibility index (Phi) is 3.95. The van der Waals surface area contributed by atoms with Crippen LogP contribution in [-0.4, -0.2) is 21.3 Å². The minimum atomic E-state index is -0.725. The summed E-state index contributed by atoms with van der Waals surface area (Å²) in [7, 11) is -0.608. The van der Waals surface area contributed by atoms with Gasteiger partial charge in [0.2, 0.25) is 0 Å². The van der Waals surface area contributed by atoms with Gasteiger partial charge in [-0.05, 0) is 102 Å². The van der Waals surface area contributed by atoms with E-state index in [4.69, 9.17) is 0 Å². The van der Waals surface area contributed by atoms with Crippen LogP contribution in [0.3, 0.4) is 0 Å². The minimum Gasteiger partial charge on any atom is -0.313 e. The van der Waals surface area contributed by atoms with Gasteiger partial charge in [-0.25, -0.2) is 0 Å². The summed E-state index contributed by atoms with van der Waals surface area (Å²) in [6, 6.07) is 36.3. The molecule has 1 heterocycles. The molecule has 0 bridgehead atoms. The van der Waals surface area contributed by atoms with Crippen molar-refractivity contribution in [3.05, 3.63) is 109 Å². The molecule has 0 atom stereocenters. The highest BCUT2D eigenvalue weighted by atomic mass is 29.0. The van der Waals surface area contributed by atoms with E-state index < -0.39 is 7.90 Å². The van der Waals surface area contributed by atoms with Crippen LogP contribution in [0.25, 0.3) is 59.0 Å². The van der Waals surface area contributed by atoms with Crippen molar-refractivity contribution in [3.8, 4) is 5.19 Å². The Bertz CT molecular complexity index is 1820. The van der Waals surface area contributed by atoms with Gasteiger partial charge < -0.3 is 4.64 Å². The van der Waals surface area contributed by atoms with E-state index in [1.807, 2.05) is 6.20 Å². The van der Waals surface area contributed by atoms with Crippen LogP contribution in [0, 0.1) is 0 Å². The van der Waals surface area contributed by atoms with Gasteiger partial charge >= 0.3 is 0 Å². The Balaban J connectivity index is 1.58. The quantitative estimate of drug-likeness (QED) is 0.154. The molecule has 0 N–H and O–H groups in total. The lowest BCUT2D eigenvalue weighted by Crippen LogP contribution is -2.04. The van der Waals surface area contributed by atoms with Crippen LogP contribution in [0.4, 0.5) is 0 Å². The molecular weight excluding hydrogens is 418 g/mol. The summed E-state index contributed by atoms with van der Waals surface area (Å²) >= 11 is 0. The summed E-state index contributed by atoms with van der Waals surface area (Å²) < 4.78 is 4.63. The van der Waals surface area contributed by atoms with Crippen LogP contribution in [0.1, 0.15) is 0 Å². The predicted octanol–water partition coefficient (Wildman–Crippen LogP) is 6.93. The summed E-state index contributed by atoms with van der Waals surface area (Å²) in [5.74, 6) is 0. The maximum absolute atomic E-state index is 4.63. The van der Waals surface area contributed by atoms with Crippen LogP contribution >= 0.6 is 0 Å². The molecule has 1 aromatic heterocycles. The first-order valence-electron chi connectivity index (χ1n) is 11.0. The Hall–Kier alpha value is -3.54. The molecule has 0 radical (unpaired) electrons. The fourth-order valence-corrected chi connectivity index (χ4v) is 9.41. The zero-order chi connectivity index (χ0) is 21.1. The molecule has 0 spiro atoms. The number of hydrogen-bond acceptors (Lipinski definition) is 1. The molecule has 32 heavy (non-hydrogen) atoms. The van der Waals surface area contributed by atoms with Crippen LogP contribution in [0.15, 0.2) is 109 Å². The molecule has 6 aromatic carbocycles. The Labute approximate surface area is 189 Å². The Morgan fingerprint density at radius 3 is 1.88 bits per heavy atom. The third-order valence-corrected chi connectivity index (χ3v) is 11.6. The standard InChI is InChI=1S/C29H19NSi2/c1-2-6-20-14-25-17-26-23(16-24(25)13-19(20)5-1)10-9-22-15-21-7-3-8-29(28(21)18-27(22)26)32-12-4-11-30-31-32/h1-18,31H. The fraction of sp³-hybridized carbons (Fsp3) is 0. The van der Waals surface area contributed by atoms with E-state index in [0.717, 1.165) is 0 Å². The number of benzene rings is 6. The van der Waals surface area contributed by atoms with E-state index in [2.05, 4.69) is 107 Å². The maximum atomic E-state index is 4.63. The average molecular weight is 438 g/mol. The van der Waals surface area contributed by atoms with Crippen molar-refractivity contribution in [1.82, 2.24) is 4.64 Å². The molecule has 148 valence electrons. The number of rotatable bonds is 1. The number of nitrogens with zero attached hydrogens (tertiary/aromatic N) is 1. The highest BCUT2D eigenvalue weighted by molar-refractivity contribution is 6.97. The molecule has 0 amide bonds. The second kappa shape index (κ2) is 6.99. The van der Waals surface area contributed by atoms with Gasteiger partial charge in [0.15, 0.2) is 0 Å². The van der Waals surface area contributed by atoms with Crippen molar-refractivity contribution in [3.63, 3.8) is 0 Å². The third-order valence-electron chi connectivity index (χ3n) is 6.63. The number of aromatic nitrogens is 1. The zero-order valence-electron chi connectivity index (χ0n) is 17.4. The molecule has 0 aliphatic carbocycles. The van der Waals surface area contributed by atoms with Gasteiger partial charge in [0.25, 0.3) is 0 Å². The molecule has 7 aromatic rings. The summed E-state index contributed by atoms with van der Waals surface area (Å²) in [5, 5.41) is 14.7. The van der Waals surface area contributed by atoms with Crippen LogP contribution in [0.5, 0.6) is 0 Å². The van der Waals surface area contributed by atoms with E-state index in [1.54, 1.807) is 0 Å². The first kappa shape index (κ1) is 18.1. The van der Waals surface area contributed by atoms with Gasteiger partial charge in [-0.15, -0.1) is 0 Å². The lowest BCUT2D eigenvalue weighted by atomic mass is 9.95. The van der Waals surface area contributed by atoms with E-state index in [0.29, 0.717) is 0 Å². The molecule has 7 rings (SSSR count). The summed E-state index contributed by atoms with van der Waals surface area (Å²) in [4.78, 5) is 0. The SMILES string of the molecule is c1ccc2cc3cc4c(ccc5cc6cccc(-[si]7cccn[siH]7)c6cc54)cc3cc2c1. The second-order valence-corrected chi connectivity index (χ2v) is 13.5. The maximum Gasteiger partial charge on any atom is 0.123 e. The Morgan fingerprint density at radius 2 is 1.12 bits per heavy atom. The largest absolute Gasteiger partial charge is 0.313 e. The van der Waals surface area contributed by atoms with E-state index >= 15 is 0 Å². The highest BCUT2D eigenvalue weighted by Gasteiger charge is 2.09. The molecule has 1 nitrogen and oxygen atoms in total. The summed E-state index contributed by atoms with van der Waals surface area (Å²) in [6.45, 7) is 0. The predicted molar refractivity (Wildman–Crippen MR) is 142 cm³/mol. The van der Waals surface area contributed by atoms with Gasteiger partial charge in [0, 0.05) is 6.20 Å². The van der Waals surface area contributed by atoms with Crippen molar-refractivity contribution in [2.45, 2.75) is 0 Å². The number of hydrogen-bond donors (Lipinski definition) is 0. The summed E-state index contributed by atoms with van der Waals surface area (Å²) in [6.07, 6.45) is 1.96. The van der Waals surface area contributed by atoms with Gasteiger partial charge in [-0.3, -0.25) is 0 Å². The lowest BCUT2D eigenvalue weighted by Gasteiger charge is -2.11. The van der Waals surface area contributed by atoms with Gasteiger partial charge in [-0.1, -0.05) is 60.3 Å². The summed E-state index contributed by atoms with van der Waals surface area (Å²) in [5.41, 5.74) is 2.41. The highest BCUT2D eigenvalue weighted by Crippen LogP contribution is 2.34. The molecule has 0 unspecified atom stereocenters. The normalized spacial score (nSPS) is 11.8.